The van der Waals surface area contributed by atoms with E-state index in [9.17, 15) is 0 Å². The number of hydrogen-bond donors (Lipinski definition) is 0. The lowest BCUT2D eigenvalue weighted by Crippen LogP contribution is -2.16. The Kier molecular flexibility index (Phi) is 7.20. The van der Waals surface area contributed by atoms with Crippen molar-refractivity contribution in [3.05, 3.63) is 192 Å². The summed E-state index contributed by atoms with van der Waals surface area (Å²) in [6.45, 7) is 4.30. The molecule has 3 nitrogen and oxygen atoms in total. The maximum absolute atomic E-state index is 6.63. The molecule has 8 aromatic rings. The van der Waals surface area contributed by atoms with Gasteiger partial charge in [0.1, 0.15) is 11.2 Å². The average molecular weight is 643 g/mol. The van der Waals surface area contributed by atoms with E-state index in [0.29, 0.717) is 0 Å². The van der Waals surface area contributed by atoms with E-state index < -0.39 is 0 Å². The molecular formula is C47H34N2O. The van der Waals surface area contributed by atoms with Crippen molar-refractivity contribution in [2.45, 2.75) is 13.8 Å². The maximum atomic E-state index is 6.63. The number of hydrogen-bond acceptors (Lipinski definition) is 3. The molecule has 238 valence electrons. The number of fused-ring (bicyclic) bond motifs is 5. The van der Waals surface area contributed by atoms with Gasteiger partial charge in [0.05, 0.1) is 5.70 Å². The van der Waals surface area contributed by atoms with Crippen molar-refractivity contribution >= 4 is 71.9 Å². The number of nitrogens with zero attached hydrogens (tertiary/aromatic N) is 2. The molecule has 1 aliphatic carbocycles. The Hall–Kier alpha value is -6.54. The number of allylic oxidation sites excluding steroid dienone is 4. The van der Waals surface area contributed by atoms with E-state index in [4.69, 9.17) is 4.42 Å². The van der Waals surface area contributed by atoms with Crippen LogP contribution in [0.2, 0.25) is 0 Å². The first-order chi connectivity index (χ1) is 24.6. The van der Waals surface area contributed by atoms with E-state index in [2.05, 4.69) is 187 Å². The maximum Gasteiger partial charge on any atom is 0.136 e. The van der Waals surface area contributed by atoms with Gasteiger partial charge in [-0.15, -0.1) is 0 Å². The van der Waals surface area contributed by atoms with Crippen LogP contribution in [0.3, 0.4) is 0 Å². The Labute approximate surface area is 291 Å². The molecule has 0 aliphatic heterocycles. The SMILES string of the molecule is CC1=CC=CC=C=C1N(c1ccccc1)c1ccc2cc3c(cc2c1)oc1cc2cc(N(c4ccccc4)c4ccccc4C)ccc2cc13. The van der Waals surface area contributed by atoms with Crippen LogP contribution in [0, 0.1) is 6.92 Å². The molecule has 0 unspecified atom stereocenters. The van der Waals surface area contributed by atoms with Crippen molar-refractivity contribution in [3.63, 3.8) is 0 Å². The monoisotopic (exact) mass is 642 g/mol. The topological polar surface area (TPSA) is 19.6 Å². The first kappa shape index (κ1) is 29.6. The van der Waals surface area contributed by atoms with E-state index in [1.807, 2.05) is 12.2 Å². The minimum Gasteiger partial charge on any atom is -0.456 e. The zero-order chi connectivity index (χ0) is 33.6. The molecule has 0 N–H and O–H groups in total. The number of aryl methyl sites for hydroxylation is 1. The third kappa shape index (κ3) is 5.18. The van der Waals surface area contributed by atoms with Crippen LogP contribution in [-0.2, 0) is 0 Å². The summed E-state index contributed by atoms with van der Waals surface area (Å²) < 4.78 is 6.63. The van der Waals surface area contributed by atoms with Crippen LogP contribution < -0.4 is 9.80 Å². The van der Waals surface area contributed by atoms with Gasteiger partial charge in [-0.25, -0.2) is 0 Å². The second-order valence-corrected chi connectivity index (χ2v) is 12.9. The Bertz CT molecular complexity index is 2710. The van der Waals surface area contributed by atoms with Gasteiger partial charge in [-0.05, 0) is 131 Å². The molecular weight excluding hydrogens is 609 g/mol. The molecule has 0 saturated heterocycles. The van der Waals surface area contributed by atoms with E-state index in [1.54, 1.807) is 0 Å². The highest BCUT2D eigenvalue weighted by atomic mass is 16.3. The van der Waals surface area contributed by atoms with Crippen LogP contribution in [0.25, 0.3) is 43.5 Å². The Morgan fingerprint density at radius 2 is 1.04 bits per heavy atom. The van der Waals surface area contributed by atoms with E-state index in [-0.39, 0.29) is 0 Å². The number of anilines is 5. The van der Waals surface area contributed by atoms with E-state index >= 15 is 0 Å². The number of para-hydroxylation sites is 3. The van der Waals surface area contributed by atoms with Crippen LogP contribution in [0.4, 0.5) is 28.4 Å². The van der Waals surface area contributed by atoms with Crippen LogP contribution in [0.1, 0.15) is 12.5 Å². The largest absolute Gasteiger partial charge is 0.456 e. The molecule has 0 atom stereocenters. The van der Waals surface area contributed by atoms with Gasteiger partial charge in [0, 0.05) is 39.2 Å². The lowest BCUT2D eigenvalue weighted by atomic mass is 10.0. The molecule has 9 rings (SSSR count). The van der Waals surface area contributed by atoms with Gasteiger partial charge in [0.2, 0.25) is 0 Å². The van der Waals surface area contributed by atoms with Crippen molar-refractivity contribution in [3.8, 4) is 0 Å². The predicted octanol–water partition coefficient (Wildman–Crippen LogP) is 13.4. The number of benzene rings is 7. The third-order valence-corrected chi connectivity index (χ3v) is 9.63. The van der Waals surface area contributed by atoms with E-state index in [0.717, 1.165) is 72.4 Å². The van der Waals surface area contributed by atoms with Gasteiger partial charge in [-0.1, -0.05) is 90.7 Å². The lowest BCUT2D eigenvalue weighted by Gasteiger charge is -2.27. The Balaban J connectivity index is 1.16. The van der Waals surface area contributed by atoms with Crippen molar-refractivity contribution in [1.29, 1.82) is 0 Å². The van der Waals surface area contributed by atoms with Crippen LogP contribution >= 0.6 is 0 Å². The lowest BCUT2D eigenvalue weighted by molar-refractivity contribution is 0.670. The molecule has 7 aromatic carbocycles. The van der Waals surface area contributed by atoms with Gasteiger partial charge < -0.3 is 14.2 Å². The summed E-state index contributed by atoms with van der Waals surface area (Å²) in [6.07, 6.45) is 8.19. The van der Waals surface area contributed by atoms with Gasteiger partial charge in [0.25, 0.3) is 0 Å². The Morgan fingerprint density at radius 1 is 0.480 bits per heavy atom. The fourth-order valence-electron chi connectivity index (χ4n) is 7.13. The highest BCUT2D eigenvalue weighted by Gasteiger charge is 2.19. The molecule has 3 heteroatoms. The first-order valence-electron chi connectivity index (χ1n) is 17.0. The number of rotatable bonds is 6. The molecule has 0 bridgehead atoms. The summed E-state index contributed by atoms with van der Waals surface area (Å²) in [5, 5.41) is 6.85. The van der Waals surface area contributed by atoms with Crippen LogP contribution in [-0.4, -0.2) is 0 Å². The molecule has 0 spiro atoms. The smallest absolute Gasteiger partial charge is 0.136 e. The molecule has 1 heterocycles. The third-order valence-electron chi connectivity index (χ3n) is 9.63. The minimum atomic E-state index is 0.881. The molecule has 0 radical (unpaired) electrons. The molecule has 1 aliphatic rings. The summed E-state index contributed by atoms with van der Waals surface area (Å²) >= 11 is 0. The minimum absolute atomic E-state index is 0.881. The molecule has 1 aromatic heterocycles. The highest BCUT2D eigenvalue weighted by molar-refractivity contribution is 6.14. The summed E-state index contributed by atoms with van der Waals surface area (Å²) in [5.74, 6) is 0. The van der Waals surface area contributed by atoms with Crippen LogP contribution in [0.5, 0.6) is 0 Å². The Morgan fingerprint density at radius 3 is 1.66 bits per heavy atom. The fraction of sp³-hybridized carbons (Fsp3) is 0.0426. The van der Waals surface area contributed by atoms with Crippen molar-refractivity contribution in [1.82, 2.24) is 0 Å². The summed E-state index contributed by atoms with van der Waals surface area (Å²) in [4.78, 5) is 4.60. The first-order valence-corrected chi connectivity index (χ1v) is 17.0. The van der Waals surface area contributed by atoms with Gasteiger partial charge in [-0.2, -0.15) is 0 Å². The highest BCUT2D eigenvalue weighted by Crippen LogP contribution is 2.41. The standard InChI is InChI=1S/C47H34N2O/c1-32-14-6-3-11-20-44(32)48(38-16-7-4-8-17-38)40-24-22-34-28-42-43-29-35-23-25-41(27-37(35)31-47(43)50-46(42)30-36(34)26-40)49(39-18-9-5-10-19-39)45-21-13-12-15-33(45)2/h3-19,21-31H,1-2H3. The fourth-order valence-corrected chi connectivity index (χ4v) is 7.13. The van der Waals surface area contributed by atoms with Crippen molar-refractivity contribution < 1.29 is 4.42 Å². The summed E-state index contributed by atoms with van der Waals surface area (Å²) in [7, 11) is 0. The van der Waals surface area contributed by atoms with Crippen molar-refractivity contribution in [2.24, 2.45) is 0 Å². The predicted molar refractivity (Wildman–Crippen MR) is 211 cm³/mol. The molecule has 0 fully saturated rings. The molecule has 0 amide bonds. The van der Waals surface area contributed by atoms with Gasteiger partial charge in [-0.3, -0.25) is 0 Å². The average Bonchev–Trinajstić information content (AvgIpc) is 3.34. The number of furan rings is 1. The van der Waals surface area contributed by atoms with Crippen molar-refractivity contribution in [2.75, 3.05) is 9.80 Å². The summed E-state index contributed by atoms with van der Waals surface area (Å²) in [5.41, 5.74) is 14.2. The molecule has 50 heavy (non-hydrogen) atoms. The van der Waals surface area contributed by atoms with Gasteiger partial charge >= 0.3 is 0 Å². The van der Waals surface area contributed by atoms with Gasteiger partial charge in [0.15, 0.2) is 0 Å². The summed E-state index contributed by atoms with van der Waals surface area (Å²) in [6, 6.07) is 51.9. The molecule has 0 saturated carbocycles. The second kappa shape index (κ2) is 12.2. The normalized spacial score (nSPS) is 12.8. The van der Waals surface area contributed by atoms with Crippen LogP contribution in [0.15, 0.2) is 191 Å². The van der Waals surface area contributed by atoms with E-state index in [1.165, 1.54) is 16.3 Å². The second-order valence-electron chi connectivity index (χ2n) is 12.9. The zero-order valence-electron chi connectivity index (χ0n) is 28.0. The zero-order valence-corrected chi connectivity index (χ0v) is 28.0. The quantitative estimate of drug-likeness (QED) is 0.168.